The minimum atomic E-state index is -1.26. The van der Waals surface area contributed by atoms with E-state index in [0.29, 0.717) is 18.9 Å². The van der Waals surface area contributed by atoms with Crippen LogP contribution in [-0.2, 0) is 30.4 Å². The van der Waals surface area contributed by atoms with Crippen LogP contribution in [0.2, 0.25) is 0 Å². The number of carbonyl (C=O) groups is 3. The molecule has 10 nitrogen and oxygen atoms in total. The van der Waals surface area contributed by atoms with E-state index in [0.717, 1.165) is 18.4 Å². The third kappa shape index (κ3) is 3.86. The Hall–Kier alpha value is -3.50. The summed E-state index contributed by atoms with van der Waals surface area (Å²) in [6, 6.07) is 10.3. The van der Waals surface area contributed by atoms with Crippen molar-refractivity contribution < 1.29 is 28.4 Å². The first-order valence-corrected chi connectivity index (χ1v) is 12.7. The average molecular weight is 507 g/mol. The maximum Gasteiger partial charge on any atom is 0.246 e. The van der Waals surface area contributed by atoms with E-state index in [1.165, 1.54) is 0 Å². The molecule has 37 heavy (non-hydrogen) atoms. The number of rotatable bonds is 7. The zero-order chi connectivity index (χ0) is 25.8. The van der Waals surface area contributed by atoms with Crippen LogP contribution in [-0.4, -0.2) is 64.3 Å². The molecule has 1 aromatic heterocycles. The monoisotopic (exact) mass is 506 g/mol. The van der Waals surface area contributed by atoms with Crippen LogP contribution in [0.25, 0.3) is 0 Å². The Balaban J connectivity index is 1.32. The van der Waals surface area contributed by atoms with E-state index in [1.807, 2.05) is 42.5 Å². The lowest BCUT2D eigenvalue weighted by Crippen LogP contribution is -2.55. The normalized spacial score (nSPS) is 33.7. The molecule has 0 aliphatic carbocycles. The van der Waals surface area contributed by atoms with Crippen LogP contribution in [0, 0.1) is 18.8 Å². The van der Waals surface area contributed by atoms with Gasteiger partial charge in [-0.2, -0.15) is 0 Å². The number of carbonyl (C=O) groups excluding carboxylic acids is 3. The van der Waals surface area contributed by atoms with Crippen LogP contribution in [0.15, 0.2) is 53.1 Å². The van der Waals surface area contributed by atoms with E-state index in [2.05, 4.69) is 15.8 Å². The Labute approximate surface area is 214 Å². The zero-order valence-corrected chi connectivity index (χ0v) is 20.8. The van der Waals surface area contributed by atoms with Crippen LogP contribution >= 0.6 is 0 Å². The summed E-state index contributed by atoms with van der Waals surface area (Å²) in [5.74, 6) is -1.88. The van der Waals surface area contributed by atoms with Gasteiger partial charge in [0.05, 0.1) is 23.5 Å². The number of amides is 3. The van der Waals surface area contributed by atoms with Crippen molar-refractivity contribution in [2.75, 3.05) is 18.5 Å². The number of fused-ring (bicyclic) bond motifs is 1. The Morgan fingerprint density at radius 3 is 2.70 bits per heavy atom. The van der Waals surface area contributed by atoms with Gasteiger partial charge in [-0.15, -0.1) is 0 Å². The van der Waals surface area contributed by atoms with Gasteiger partial charge in [-0.3, -0.25) is 14.4 Å². The van der Waals surface area contributed by atoms with Crippen molar-refractivity contribution in [1.29, 1.82) is 0 Å². The highest BCUT2D eigenvalue weighted by Crippen LogP contribution is 2.59. The summed E-state index contributed by atoms with van der Waals surface area (Å²) in [6.07, 6.45) is 5.17. The number of nitrogens with zero attached hydrogens (tertiary/aromatic N) is 2. The molecule has 6 atom stereocenters. The van der Waals surface area contributed by atoms with Gasteiger partial charge < -0.3 is 29.5 Å². The van der Waals surface area contributed by atoms with Crippen LogP contribution in [0.3, 0.4) is 0 Å². The minimum absolute atomic E-state index is 0.161. The maximum absolute atomic E-state index is 14.0. The summed E-state index contributed by atoms with van der Waals surface area (Å²) < 4.78 is 17.4. The second-order valence-corrected chi connectivity index (χ2v) is 10.5. The van der Waals surface area contributed by atoms with E-state index < -0.39 is 35.0 Å². The molecule has 3 saturated heterocycles. The van der Waals surface area contributed by atoms with Crippen molar-refractivity contribution in [2.45, 2.75) is 56.6 Å². The number of aryl methyl sites for hydroxylation is 1. The van der Waals surface area contributed by atoms with Crippen molar-refractivity contribution >= 4 is 23.5 Å². The van der Waals surface area contributed by atoms with E-state index in [4.69, 9.17) is 14.0 Å². The number of anilines is 1. The molecule has 10 heteroatoms. The molecule has 4 aliphatic rings. The molecule has 0 saturated carbocycles. The lowest BCUT2D eigenvalue weighted by molar-refractivity contribution is -0.145. The molecule has 4 aliphatic heterocycles. The summed E-state index contributed by atoms with van der Waals surface area (Å²) >= 11 is 0. The smallest absolute Gasteiger partial charge is 0.246 e. The Bertz CT molecular complexity index is 1250. The highest BCUT2D eigenvalue weighted by atomic mass is 16.5. The van der Waals surface area contributed by atoms with Crippen LogP contribution in [0.1, 0.15) is 31.1 Å². The van der Waals surface area contributed by atoms with Gasteiger partial charge in [-0.1, -0.05) is 47.6 Å². The predicted octanol–water partition coefficient (Wildman–Crippen LogP) is 1.96. The summed E-state index contributed by atoms with van der Waals surface area (Å²) in [4.78, 5) is 42.9. The van der Waals surface area contributed by atoms with Crippen LogP contribution < -0.4 is 10.6 Å². The van der Waals surface area contributed by atoms with Gasteiger partial charge in [-0.25, -0.2) is 0 Å². The number of hydrogen-bond acceptors (Lipinski definition) is 7. The lowest BCUT2D eigenvalue weighted by atomic mass is 9.70. The Kier molecular flexibility index (Phi) is 5.68. The van der Waals surface area contributed by atoms with Crippen molar-refractivity contribution in [3.63, 3.8) is 0 Å². The van der Waals surface area contributed by atoms with Gasteiger partial charge in [0, 0.05) is 25.8 Å². The van der Waals surface area contributed by atoms with Crippen molar-refractivity contribution in [1.82, 2.24) is 15.4 Å². The second-order valence-electron chi connectivity index (χ2n) is 10.5. The van der Waals surface area contributed by atoms with Crippen LogP contribution in [0.5, 0.6) is 0 Å². The van der Waals surface area contributed by atoms with Crippen LogP contribution in [0.4, 0.5) is 5.82 Å². The predicted molar refractivity (Wildman–Crippen MR) is 131 cm³/mol. The average Bonchev–Trinajstić information content (AvgIpc) is 3.68. The van der Waals surface area contributed by atoms with Crippen molar-refractivity contribution in [3.05, 3.63) is 59.9 Å². The molecule has 0 radical (unpaired) electrons. The quantitative estimate of drug-likeness (QED) is 0.551. The fourth-order valence-corrected chi connectivity index (χ4v) is 6.34. The molecule has 6 rings (SSSR count). The van der Waals surface area contributed by atoms with Gasteiger partial charge in [0.15, 0.2) is 5.82 Å². The lowest BCUT2D eigenvalue weighted by Gasteiger charge is -2.34. The van der Waals surface area contributed by atoms with E-state index in [-0.39, 0.29) is 30.3 Å². The molecule has 1 aromatic carbocycles. The summed E-state index contributed by atoms with van der Waals surface area (Å²) in [6.45, 7) is 4.72. The van der Waals surface area contributed by atoms with E-state index in [1.54, 1.807) is 24.8 Å². The SMILES string of the molecule is Cc1cc(NC(=O)[C@@H]2[C@@H]3C(=O)N(C[C@@H]4CCCO4)[C@H](C(=O)NCc4ccccc4)[C@@]34C=C[C@]2(C)O4)no1. The van der Waals surface area contributed by atoms with Gasteiger partial charge in [0.1, 0.15) is 17.4 Å². The summed E-state index contributed by atoms with van der Waals surface area (Å²) in [5, 5.41) is 9.62. The van der Waals surface area contributed by atoms with Gasteiger partial charge in [0.2, 0.25) is 17.7 Å². The summed E-state index contributed by atoms with van der Waals surface area (Å²) in [7, 11) is 0. The van der Waals surface area contributed by atoms with Gasteiger partial charge in [0.25, 0.3) is 0 Å². The summed E-state index contributed by atoms with van der Waals surface area (Å²) in [5.41, 5.74) is -1.36. The number of benzene rings is 1. The standard InChI is InChI=1S/C27H30N4O6/c1-16-13-19(30-36-16)29-23(32)20-21-25(34)31(15-18-9-6-12-35-18)22(27(21)11-10-26(20,2)37-27)24(33)28-14-17-7-4-3-5-8-17/h3-5,7-8,10-11,13,18,20-22H,6,9,12,14-15H2,1-2H3,(H,28,33)(H,29,30,32)/t18-,20-,21+,22+,26-,27+/m0/s1. The fourth-order valence-electron chi connectivity index (χ4n) is 6.34. The van der Waals surface area contributed by atoms with E-state index >= 15 is 0 Å². The molecule has 1 spiro atoms. The third-order valence-electron chi connectivity index (χ3n) is 7.94. The molecule has 2 bridgehead atoms. The minimum Gasteiger partial charge on any atom is -0.376 e. The molecular weight excluding hydrogens is 476 g/mol. The van der Waals surface area contributed by atoms with Crippen molar-refractivity contribution in [2.24, 2.45) is 11.8 Å². The highest BCUT2D eigenvalue weighted by Gasteiger charge is 2.76. The molecule has 3 fully saturated rings. The molecule has 194 valence electrons. The topological polar surface area (TPSA) is 123 Å². The molecule has 5 heterocycles. The first kappa shape index (κ1) is 23.9. The molecule has 2 aromatic rings. The Morgan fingerprint density at radius 1 is 1.19 bits per heavy atom. The van der Waals surface area contributed by atoms with Crippen molar-refractivity contribution in [3.8, 4) is 0 Å². The first-order chi connectivity index (χ1) is 17.8. The number of hydrogen-bond donors (Lipinski definition) is 2. The number of likely N-dealkylation sites (tertiary alicyclic amines) is 1. The number of nitrogens with one attached hydrogen (secondary N) is 2. The maximum atomic E-state index is 14.0. The number of ether oxygens (including phenoxy) is 2. The molecule has 3 amide bonds. The molecule has 0 unspecified atom stereocenters. The van der Waals surface area contributed by atoms with E-state index in [9.17, 15) is 14.4 Å². The Morgan fingerprint density at radius 2 is 2.00 bits per heavy atom. The largest absolute Gasteiger partial charge is 0.376 e. The third-order valence-corrected chi connectivity index (χ3v) is 7.94. The zero-order valence-electron chi connectivity index (χ0n) is 20.8. The van der Waals surface area contributed by atoms with Gasteiger partial charge >= 0.3 is 0 Å². The fraction of sp³-hybridized carbons (Fsp3) is 0.481. The number of aromatic nitrogens is 1. The highest BCUT2D eigenvalue weighted by molar-refractivity contribution is 6.03. The molecular formula is C27H30N4O6. The first-order valence-electron chi connectivity index (χ1n) is 12.7. The van der Waals surface area contributed by atoms with Gasteiger partial charge in [-0.05, 0) is 32.3 Å². The molecule has 2 N–H and O–H groups in total. The second kappa shape index (κ2) is 8.81.